The molecule has 0 N–H and O–H groups in total. The lowest BCUT2D eigenvalue weighted by atomic mass is 10.1. The van der Waals surface area contributed by atoms with Gasteiger partial charge in [0.05, 0.1) is 12.2 Å². The second kappa shape index (κ2) is 6.14. The van der Waals surface area contributed by atoms with Gasteiger partial charge in [0, 0.05) is 13.1 Å². The SMILES string of the molecule is O=C1COc2ccc(I)cc2N1Cc1ccc(Br)cc1Cl. The summed E-state index contributed by atoms with van der Waals surface area (Å²) >= 11 is 11.9. The fourth-order valence-electron chi connectivity index (χ4n) is 2.17. The third kappa shape index (κ3) is 3.19. The first kappa shape index (κ1) is 15.1. The van der Waals surface area contributed by atoms with Crippen molar-refractivity contribution in [2.45, 2.75) is 6.54 Å². The van der Waals surface area contributed by atoms with E-state index in [2.05, 4.69) is 38.5 Å². The fourth-order valence-corrected chi connectivity index (χ4v) is 3.38. The molecule has 1 amide bonds. The van der Waals surface area contributed by atoms with Crippen LogP contribution in [0.1, 0.15) is 5.56 Å². The van der Waals surface area contributed by atoms with Crippen LogP contribution < -0.4 is 9.64 Å². The highest BCUT2D eigenvalue weighted by atomic mass is 127. The second-order valence-corrected chi connectivity index (χ2v) is 7.18. The third-order valence-corrected chi connectivity index (χ3v) is 4.72. The summed E-state index contributed by atoms with van der Waals surface area (Å²) in [5.74, 6) is 0.659. The van der Waals surface area contributed by atoms with Gasteiger partial charge < -0.3 is 9.64 Å². The summed E-state index contributed by atoms with van der Waals surface area (Å²) in [6, 6.07) is 11.5. The van der Waals surface area contributed by atoms with Gasteiger partial charge in [-0.2, -0.15) is 0 Å². The molecule has 0 saturated heterocycles. The fraction of sp³-hybridized carbons (Fsp3) is 0.133. The Hall–Kier alpha value is -0.790. The molecular formula is C15H10BrClINO2. The molecule has 1 aliphatic rings. The van der Waals surface area contributed by atoms with E-state index >= 15 is 0 Å². The highest BCUT2D eigenvalue weighted by Crippen LogP contribution is 2.35. The van der Waals surface area contributed by atoms with E-state index in [1.54, 1.807) is 4.90 Å². The molecule has 0 atom stereocenters. The molecule has 1 aliphatic heterocycles. The Bertz CT molecular complexity index is 723. The maximum atomic E-state index is 12.2. The molecule has 0 bridgehead atoms. The lowest BCUT2D eigenvalue weighted by Crippen LogP contribution is -2.38. The van der Waals surface area contributed by atoms with Crippen molar-refractivity contribution < 1.29 is 9.53 Å². The van der Waals surface area contributed by atoms with Gasteiger partial charge in [-0.15, -0.1) is 0 Å². The molecular weight excluding hydrogens is 468 g/mol. The first-order valence-corrected chi connectivity index (χ1v) is 8.46. The highest BCUT2D eigenvalue weighted by Gasteiger charge is 2.26. The normalized spacial score (nSPS) is 13.9. The van der Waals surface area contributed by atoms with E-state index in [0.29, 0.717) is 11.6 Å². The number of halogens is 3. The molecule has 3 nitrogen and oxygen atoms in total. The standard InChI is InChI=1S/C15H10BrClINO2/c16-10-2-1-9(12(17)5-10)7-19-13-6-11(18)3-4-14(13)21-8-15(19)20/h1-6H,7-8H2. The van der Waals surface area contributed by atoms with E-state index in [4.69, 9.17) is 16.3 Å². The Kier molecular flexibility index (Phi) is 4.42. The van der Waals surface area contributed by atoms with Gasteiger partial charge >= 0.3 is 0 Å². The van der Waals surface area contributed by atoms with Crippen molar-refractivity contribution >= 4 is 61.7 Å². The van der Waals surface area contributed by atoms with Crippen LogP contribution in [0, 0.1) is 3.57 Å². The van der Waals surface area contributed by atoms with Crippen LogP contribution in [0.25, 0.3) is 0 Å². The van der Waals surface area contributed by atoms with Gasteiger partial charge in [0.25, 0.3) is 5.91 Å². The van der Waals surface area contributed by atoms with Gasteiger partial charge in [0.1, 0.15) is 5.75 Å². The van der Waals surface area contributed by atoms with Crippen molar-refractivity contribution in [2.24, 2.45) is 0 Å². The molecule has 2 aromatic carbocycles. The zero-order valence-electron chi connectivity index (χ0n) is 10.8. The largest absolute Gasteiger partial charge is 0.482 e. The number of hydrogen-bond donors (Lipinski definition) is 0. The van der Waals surface area contributed by atoms with Crippen LogP contribution in [0.2, 0.25) is 5.02 Å². The van der Waals surface area contributed by atoms with E-state index in [-0.39, 0.29) is 12.5 Å². The van der Waals surface area contributed by atoms with Gasteiger partial charge in [0.15, 0.2) is 6.61 Å². The summed E-state index contributed by atoms with van der Waals surface area (Å²) < 4.78 is 7.44. The molecule has 0 saturated carbocycles. The Morgan fingerprint density at radius 3 is 2.86 bits per heavy atom. The van der Waals surface area contributed by atoms with Crippen LogP contribution in [-0.4, -0.2) is 12.5 Å². The predicted octanol–water partition coefficient (Wildman–Crippen LogP) is 4.63. The number of benzene rings is 2. The van der Waals surface area contributed by atoms with E-state index in [0.717, 1.165) is 25.0 Å². The number of nitrogens with zero attached hydrogens (tertiary/aromatic N) is 1. The summed E-state index contributed by atoms with van der Waals surface area (Å²) in [6.45, 7) is 0.489. The van der Waals surface area contributed by atoms with Gasteiger partial charge in [0.2, 0.25) is 0 Å². The number of rotatable bonds is 2. The van der Waals surface area contributed by atoms with Gasteiger partial charge in [-0.05, 0) is 58.5 Å². The minimum Gasteiger partial charge on any atom is -0.482 e. The van der Waals surface area contributed by atoms with Crippen LogP contribution in [0.15, 0.2) is 40.9 Å². The first-order chi connectivity index (χ1) is 10.0. The van der Waals surface area contributed by atoms with Crippen molar-refractivity contribution in [1.82, 2.24) is 0 Å². The molecule has 21 heavy (non-hydrogen) atoms. The third-order valence-electron chi connectivity index (χ3n) is 3.21. The summed E-state index contributed by atoms with van der Waals surface area (Å²) in [5.41, 5.74) is 1.69. The number of anilines is 1. The van der Waals surface area contributed by atoms with E-state index in [1.807, 2.05) is 36.4 Å². The van der Waals surface area contributed by atoms with Gasteiger partial charge in [-0.3, -0.25) is 4.79 Å². The van der Waals surface area contributed by atoms with Crippen LogP contribution >= 0.6 is 50.1 Å². The van der Waals surface area contributed by atoms with Crippen LogP contribution in [0.4, 0.5) is 5.69 Å². The highest BCUT2D eigenvalue weighted by molar-refractivity contribution is 14.1. The average Bonchev–Trinajstić information content (AvgIpc) is 2.44. The zero-order valence-corrected chi connectivity index (χ0v) is 15.3. The average molecular weight is 479 g/mol. The Morgan fingerprint density at radius 2 is 2.10 bits per heavy atom. The van der Waals surface area contributed by atoms with Gasteiger partial charge in [-0.1, -0.05) is 33.6 Å². The summed E-state index contributed by atoms with van der Waals surface area (Å²) in [6.07, 6.45) is 0. The minimum absolute atomic E-state index is 0.0573. The molecule has 108 valence electrons. The second-order valence-electron chi connectivity index (χ2n) is 4.62. The summed E-state index contributed by atoms with van der Waals surface area (Å²) in [7, 11) is 0. The Balaban J connectivity index is 1.98. The number of hydrogen-bond acceptors (Lipinski definition) is 2. The summed E-state index contributed by atoms with van der Waals surface area (Å²) in [5, 5.41) is 0.635. The molecule has 0 radical (unpaired) electrons. The van der Waals surface area contributed by atoms with Gasteiger partial charge in [-0.25, -0.2) is 0 Å². The first-order valence-electron chi connectivity index (χ1n) is 6.21. The van der Waals surface area contributed by atoms with E-state index in [9.17, 15) is 4.79 Å². The van der Waals surface area contributed by atoms with Crippen LogP contribution in [0.5, 0.6) is 5.75 Å². The molecule has 0 aliphatic carbocycles. The Morgan fingerprint density at radius 1 is 1.29 bits per heavy atom. The zero-order chi connectivity index (χ0) is 15.0. The van der Waals surface area contributed by atoms with Crippen molar-refractivity contribution in [3.8, 4) is 5.75 Å². The van der Waals surface area contributed by atoms with Crippen molar-refractivity contribution in [1.29, 1.82) is 0 Å². The van der Waals surface area contributed by atoms with Crippen molar-refractivity contribution in [2.75, 3.05) is 11.5 Å². The Labute approximate surface area is 149 Å². The van der Waals surface area contributed by atoms with E-state index in [1.165, 1.54) is 0 Å². The lowest BCUT2D eigenvalue weighted by molar-refractivity contribution is -0.121. The predicted molar refractivity (Wildman–Crippen MR) is 95.0 cm³/mol. The molecule has 3 rings (SSSR count). The molecule has 0 fully saturated rings. The molecule has 0 unspecified atom stereocenters. The number of fused-ring (bicyclic) bond motifs is 1. The summed E-state index contributed by atoms with van der Waals surface area (Å²) in [4.78, 5) is 13.9. The topological polar surface area (TPSA) is 29.5 Å². The maximum Gasteiger partial charge on any atom is 0.265 e. The number of carbonyl (C=O) groups excluding carboxylic acids is 1. The smallest absolute Gasteiger partial charge is 0.265 e. The maximum absolute atomic E-state index is 12.2. The van der Waals surface area contributed by atoms with Crippen LogP contribution in [-0.2, 0) is 11.3 Å². The molecule has 6 heteroatoms. The van der Waals surface area contributed by atoms with Crippen molar-refractivity contribution in [3.63, 3.8) is 0 Å². The van der Waals surface area contributed by atoms with Crippen molar-refractivity contribution in [3.05, 3.63) is 55.0 Å². The number of carbonyl (C=O) groups is 1. The molecule has 0 spiro atoms. The quantitative estimate of drug-likeness (QED) is 0.589. The number of amides is 1. The molecule has 0 aromatic heterocycles. The minimum atomic E-state index is -0.0662. The van der Waals surface area contributed by atoms with Crippen LogP contribution in [0.3, 0.4) is 0 Å². The molecule has 2 aromatic rings. The number of ether oxygens (including phenoxy) is 1. The monoisotopic (exact) mass is 477 g/mol. The molecule has 1 heterocycles. The lowest BCUT2D eigenvalue weighted by Gasteiger charge is -2.29. The van der Waals surface area contributed by atoms with E-state index < -0.39 is 0 Å².